The van der Waals surface area contributed by atoms with Crippen molar-refractivity contribution < 1.29 is 13.5 Å². The van der Waals surface area contributed by atoms with Gasteiger partial charge in [-0.15, -0.1) is 0 Å². The average molecular weight is 251 g/mol. The summed E-state index contributed by atoms with van der Waals surface area (Å²) >= 11 is 0. The first-order valence-electron chi connectivity index (χ1n) is 6.06. The van der Waals surface area contributed by atoms with E-state index in [1.165, 1.54) is 0 Å². The highest BCUT2D eigenvalue weighted by molar-refractivity contribution is 7.91. The maximum Gasteiger partial charge on any atom is 0.151 e. The van der Waals surface area contributed by atoms with Crippen LogP contribution in [-0.4, -0.2) is 55.7 Å². The highest BCUT2D eigenvalue weighted by Crippen LogP contribution is 2.08. The fraction of sp³-hybridized carbons (Fsp3) is 1.00. The van der Waals surface area contributed by atoms with E-state index in [0.29, 0.717) is 19.1 Å². The first-order valence-corrected chi connectivity index (χ1v) is 7.88. The second-order valence-corrected chi connectivity index (χ2v) is 6.44. The molecule has 0 aromatic heterocycles. The van der Waals surface area contributed by atoms with E-state index in [4.69, 9.17) is 5.11 Å². The minimum absolute atomic E-state index is 0.0860. The molecule has 0 saturated heterocycles. The first-order chi connectivity index (χ1) is 7.50. The SMILES string of the molecule is CCC(CC)N(CCO)CCS(=O)(=O)CC. The van der Waals surface area contributed by atoms with Gasteiger partial charge in [0.25, 0.3) is 0 Å². The Balaban J connectivity index is 4.33. The number of aliphatic hydroxyl groups excluding tert-OH is 1. The van der Waals surface area contributed by atoms with Crippen molar-refractivity contribution in [3.05, 3.63) is 0 Å². The summed E-state index contributed by atoms with van der Waals surface area (Å²) in [6, 6.07) is 0.374. The summed E-state index contributed by atoms with van der Waals surface area (Å²) in [6.07, 6.45) is 1.98. The Bertz CT molecular complexity index is 260. The van der Waals surface area contributed by atoms with Crippen molar-refractivity contribution in [3.8, 4) is 0 Å². The molecule has 0 rings (SSSR count). The van der Waals surface area contributed by atoms with Crippen molar-refractivity contribution in [1.82, 2.24) is 4.90 Å². The summed E-state index contributed by atoms with van der Waals surface area (Å²) in [5, 5.41) is 8.97. The molecule has 0 fully saturated rings. The molecule has 16 heavy (non-hydrogen) atoms. The van der Waals surface area contributed by atoms with E-state index >= 15 is 0 Å². The summed E-state index contributed by atoms with van der Waals surface area (Å²) in [7, 11) is -2.91. The zero-order chi connectivity index (χ0) is 12.6. The van der Waals surface area contributed by atoms with Crippen molar-refractivity contribution in [2.75, 3.05) is 31.2 Å². The predicted molar refractivity (Wildman–Crippen MR) is 67.4 cm³/mol. The van der Waals surface area contributed by atoms with Crippen LogP contribution in [-0.2, 0) is 9.84 Å². The van der Waals surface area contributed by atoms with Gasteiger partial charge in [-0.25, -0.2) is 8.42 Å². The van der Waals surface area contributed by atoms with Gasteiger partial charge in [0, 0.05) is 24.9 Å². The normalized spacial score (nSPS) is 12.6. The number of nitrogens with zero attached hydrogens (tertiary/aromatic N) is 1. The second kappa shape index (κ2) is 8.03. The second-order valence-electron chi connectivity index (χ2n) is 3.97. The average Bonchev–Trinajstić information content (AvgIpc) is 2.27. The van der Waals surface area contributed by atoms with E-state index in [0.717, 1.165) is 12.8 Å². The van der Waals surface area contributed by atoms with Gasteiger partial charge in [-0.05, 0) is 12.8 Å². The molecule has 1 N–H and O–H groups in total. The Morgan fingerprint density at radius 2 is 1.69 bits per heavy atom. The van der Waals surface area contributed by atoms with Crippen LogP contribution in [0, 0.1) is 0 Å². The molecule has 0 aliphatic carbocycles. The van der Waals surface area contributed by atoms with Crippen molar-refractivity contribution in [2.24, 2.45) is 0 Å². The van der Waals surface area contributed by atoms with Crippen LogP contribution in [0.25, 0.3) is 0 Å². The van der Waals surface area contributed by atoms with E-state index in [1.807, 2.05) is 0 Å². The number of sulfone groups is 1. The molecule has 0 radical (unpaired) electrons. The zero-order valence-corrected chi connectivity index (χ0v) is 11.5. The highest BCUT2D eigenvalue weighted by atomic mass is 32.2. The van der Waals surface area contributed by atoms with Crippen LogP contribution in [0.2, 0.25) is 0 Å². The fourth-order valence-corrected chi connectivity index (χ4v) is 2.61. The standard InChI is InChI=1S/C11H25NO3S/c1-4-11(5-2)12(7-9-13)8-10-16(14,15)6-3/h11,13H,4-10H2,1-3H3. The molecule has 0 aliphatic heterocycles. The molecule has 0 unspecified atom stereocenters. The lowest BCUT2D eigenvalue weighted by atomic mass is 10.1. The number of hydrogen-bond acceptors (Lipinski definition) is 4. The maximum atomic E-state index is 11.4. The van der Waals surface area contributed by atoms with Crippen LogP contribution in [0.5, 0.6) is 0 Å². The van der Waals surface area contributed by atoms with Crippen molar-refractivity contribution in [2.45, 2.75) is 39.7 Å². The van der Waals surface area contributed by atoms with Crippen LogP contribution in [0.3, 0.4) is 0 Å². The minimum Gasteiger partial charge on any atom is -0.395 e. The monoisotopic (exact) mass is 251 g/mol. The summed E-state index contributed by atoms with van der Waals surface area (Å²) in [5.41, 5.74) is 0. The summed E-state index contributed by atoms with van der Waals surface area (Å²) < 4.78 is 22.8. The molecule has 0 aliphatic rings. The lowest BCUT2D eigenvalue weighted by Crippen LogP contribution is -2.40. The Labute approximate surface area is 99.6 Å². The van der Waals surface area contributed by atoms with Gasteiger partial charge in [0.1, 0.15) is 0 Å². The molecule has 98 valence electrons. The van der Waals surface area contributed by atoms with E-state index < -0.39 is 9.84 Å². The third kappa shape index (κ3) is 5.82. The quantitative estimate of drug-likeness (QED) is 0.661. The molecule has 0 bridgehead atoms. The number of hydrogen-bond donors (Lipinski definition) is 1. The van der Waals surface area contributed by atoms with Gasteiger partial charge in [-0.3, -0.25) is 4.90 Å². The first kappa shape index (κ1) is 15.9. The third-order valence-corrected chi connectivity index (χ3v) is 4.66. The lowest BCUT2D eigenvalue weighted by Gasteiger charge is -2.29. The van der Waals surface area contributed by atoms with Crippen LogP contribution in [0.1, 0.15) is 33.6 Å². The highest BCUT2D eigenvalue weighted by Gasteiger charge is 2.17. The molecule has 0 amide bonds. The lowest BCUT2D eigenvalue weighted by molar-refractivity contribution is 0.151. The fourth-order valence-electron chi connectivity index (χ4n) is 1.81. The van der Waals surface area contributed by atoms with Crippen LogP contribution in [0.4, 0.5) is 0 Å². The molecule has 0 spiro atoms. The predicted octanol–water partition coefficient (Wildman–Crippen LogP) is 0.904. The van der Waals surface area contributed by atoms with E-state index in [1.54, 1.807) is 6.92 Å². The molecular weight excluding hydrogens is 226 g/mol. The largest absolute Gasteiger partial charge is 0.395 e. The molecule has 5 heteroatoms. The van der Waals surface area contributed by atoms with E-state index in [9.17, 15) is 8.42 Å². The van der Waals surface area contributed by atoms with Crippen molar-refractivity contribution in [1.29, 1.82) is 0 Å². The van der Waals surface area contributed by atoms with E-state index in [2.05, 4.69) is 18.7 Å². The summed E-state index contributed by atoms with van der Waals surface area (Å²) in [5.74, 6) is 0.392. The Morgan fingerprint density at radius 1 is 1.12 bits per heavy atom. The molecule has 4 nitrogen and oxygen atoms in total. The van der Waals surface area contributed by atoms with Gasteiger partial charge < -0.3 is 5.11 Å². The minimum atomic E-state index is -2.91. The third-order valence-electron chi connectivity index (χ3n) is 2.98. The van der Waals surface area contributed by atoms with Crippen LogP contribution in [0.15, 0.2) is 0 Å². The molecule has 0 atom stereocenters. The van der Waals surface area contributed by atoms with Gasteiger partial charge in [-0.1, -0.05) is 20.8 Å². The van der Waals surface area contributed by atoms with Crippen LogP contribution >= 0.6 is 0 Å². The van der Waals surface area contributed by atoms with E-state index in [-0.39, 0.29) is 18.1 Å². The van der Waals surface area contributed by atoms with Gasteiger partial charge >= 0.3 is 0 Å². The Kier molecular flexibility index (Phi) is 7.97. The van der Waals surface area contributed by atoms with Gasteiger partial charge in [0.15, 0.2) is 9.84 Å². The summed E-state index contributed by atoms with van der Waals surface area (Å²) in [6.45, 7) is 7.03. The maximum absolute atomic E-state index is 11.4. The molecular formula is C11H25NO3S. The summed E-state index contributed by atoms with van der Waals surface area (Å²) in [4.78, 5) is 2.08. The van der Waals surface area contributed by atoms with Crippen LogP contribution < -0.4 is 0 Å². The topological polar surface area (TPSA) is 57.6 Å². The molecule has 0 saturated carbocycles. The van der Waals surface area contributed by atoms with Gasteiger partial charge in [-0.2, -0.15) is 0 Å². The van der Waals surface area contributed by atoms with Gasteiger partial charge in [0.2, 0.25) is 0 Å². The zero-order valence-electron chi connectivity index (χ0n) is 10.6. The van der Waals surface area contributed by atoms with Gasteiger partial charge in [0.05, 0.1) is 12.4 Å². The number of aliphatic hydroxyl groups is 1. The molecule has 0 aromatic rings. The smallest absolute Gasteiger partial charge is 0.151 e. The molecule has 0 aromatic carbocycles. The number of rotatable bonds is 9. The van der Waals surface area contributed by atoms with Crippen molar-refractivity contribution in [3.63, 3.8) is 0 Å². The van der Waals surface area contributed by atoms with Crippen molar-refractivity contribution >= 4 is 9.84 Å². The Hall–Kier alpha value is -0.130. The Morgan fingerprint density at radius 3 is 2.06 bits per heavy atom. The molecule has 0 heterocycles.